The predicted octanol–water partition coefficient (Wildman–Crippen LogP) is 2.48. The molecule has 2 N–H and O–H groups in total. The summed E-state index contributed by atoms with van der Waals surface area (Å²) in [4.78, 5) is 11.6. The van der Waals surface area contributed by atoms with Crippen LogP contribution in [0.1, 0.15) is 31.1 Å². The van der Waals surface area contributed by atoms with Crippen molar-refractivity contribution in [2.75, 3.05) is 0 Å². The van der Waals surface area contributed by atoms with Crippen molar-refractivity contribution in [2.24, 2.45) is 0 Å². The van der Waals surface area contributed by atoms with Crippen molar-refractivity contribution in [3.8, 4) is 0 Å². The van der Waals surface area contributed by atoms with Crippen LogP contribution in [0.5, 0.6) is 0 Å². The molecule has 1 aromatic rings. The summed E-state index contributed by atoms with van der Waals surface area (Å²) < 4.78 is 0.961. The van der Waals surface area contributed by atoms with E-state index in [9.17, 15) is 4.79 Å². The Balaban J connectivity index is 2.58. The minimum absolute atomic E-state index is 0.127. The molecule has 4 heteroatoms. The second-order valence-corrected chi connectivity index (χ2v) is 5.25. The SMILES string of the molecule is CC(C)(C)NNC(=O)c1ccc(Br)cc1. The number of hydrogen-bond donors (Lipinski definition) is 2. The number of benzene rings is 1. The number of carbonyl (C=O) groups excluding carboxylic acids is 1. The van der Waals surface area contributed by atoms with Gasteiger partial charge in [-0.15, -0.1) is 0 Å². The predicted molar refractivity (Wildman–Crippen MR) is 64.5 cm³/mol. The van der Waals surface area contributed by atoms with Crippen molar-refractivity contribution in [3.63, 3.8) is 0 Å². The number of rotatable bonds is 2. The first-order chi connectivity index (χ1) is 6.88. The fourth-order valence-corrected chi connectivity index (χ4v) is 1.18. The van der Waals surface area contributed by atoms with Crippen LogP contribution in [0.4, 0.5) is 0 Å². The van der Waals surface area contributed by atoms with E-state index in [-0.39, 0.29) is 11.4 Å². The molecule has 0 aliphatic carbocycles. The summed E-state index contributed by atoms with van der Waals surface area (Å²) in [7, 11) is 0. The van der Waals surface area contributed by atoms with Gasteiger partial charge in [0.05, 0.1) is 0 Å². The summed E-state index contributed by atoms with van der Waals surface area (Å²) in [6.07, 6.45) is 0. The van der Waals surface area contributed by atoms with Crippen molar-refractivity contribution in [3.05, 3.63) is 34.3 Å². The van der Waals surface area contributed by atoms with Crippen LogP contribution in [0.25, 0.3) is 0 Å². The van der Waals surface area contributed by atoms with Crippen molar-refractivity contribution < 1.29 is 4.79 Å². The summed E-state index contributed by atoms with van der Waals surface area (Å²) in [6.45, 7) is 5.94. The van der Waals surface area contributed by atoms with Crippen molar-refractivity contribution in [1.29, 1.82) is 0 Å². The highest BCUT2D eigenvalue weighted by atomic mass is 79.9. The van der Waals surface area contributed by atoms with E-state index in [0.29, 0.717) is 5.56 Å². The molecule has 0 saturated carbocycles. The van der Waals surface area contributed by atoms with Gasteiger partial charge in [-0.3, -0.25) is 10.2 Å². The highest BCUT2D eigenvalue weighted by Crippen LogP contribution is 2.10. The fraction of sp³-hybridized carbons (Fsp3) is 0.364. The van der Waals surface area contributed by atoms with Gasteiger partial charge < -0.3 is 0 Å². The third kappa shape index (κ3) is 4.44. The van der Waals surface area contributed by atoms with Gasteiger partial charge in [-0.25, -0.2) is 5.43 Å². The van der Waals surface area contributed by atoms with Gasteiger partial charge in [0.25, 0.3) is 5.91 Å². The number of halogens is 1. The zero-order chi connectivity index (χ0) is 11.5. The highest BCUT2D eigenvalue weighted by Gasteiger charge is 2.11. The van der Waals surface area contributed by atoms with E-state index in [1.165, 1.54) is 0 Å². The first kappa shape index (κ1) is 12.2. The Labute approximate surface area is 98.4 Å². The number of nitrogens with one attached hydrogen (secondary N) is 2. The topological polar surface area (TPSA) is 41.1 Å². The lowest BCUT2D eigenvalue weighted by Gasteiger charge is -2.20. The molecule has 0 saturated heterocycles. The second-order valence-electron chi connectivity index (χ2n) is 4.34. The zero-order valence-corrected chi connectivity index (χ0v) is 10.7. The third-order valence-corrected chi connectivity index (χ3v) is 2.19. The van der Waals surface area contributed by atoms with Gasteiger partial charge in [0.15, 0.2) is 0 Å². The Morgan fingerprint density at radius 1 is 1.20 bits per heavy atom. The van der Waals surface area contributed by atoms with Crippen LogP contribution in [0.2, 0.25) is 0 Å². The minimum atomic E-state index is -0.134. The van der Waals surface area contributed by atoms with Gasteiger partial charge in [-0.2, -0.15) is 0 Å². The maximum atomic E-state index is 11.6. The molecule has 0 spiro atoms. The van der Waals surface area contributed by atoms with E-state index in [1.807, 2.05) is 32.9 Å². The van der Waals surface area contributed by atoms with Crippen molar-refractivity contribution in [1.82, 2.24) is 10.9 Å². The normalized spacial score (nSPS) is 11.2. The number of carbonyl (C=O) groups is 1. The highest BCUT2D eigenvalue weighted by molar-refractivity contribution is 9.10. The second kappa shape index (κ2) is 4.77. The quantitative estimate of drug-likeness (QED) is 0.811. The van der Waals surface area contributed by atoms with E-state index in [2.05, 4.69) is 26.8 Å². The number of hydrazine groups is 1. The van der Waals surface area contributed by atoms with Crippen LogP contribution in [0.15, 0.2) is 28.7 Å². The average Bonchev–Trinajstić information content (AvgIpc) is 2.14. The molecular formula is C11H15BrN2O. The Kier molecular flexibility index (Phi) is 3.88. The molecule has 1 rings (SSSR count). The molecule has 0 aliphatic heterocycles. The Bertz CT molecular complexity index is 341. The van der Waals surface area contributed by atoms with Gasteiger partial charge in [-0.05, 0) is 45.0 Å². The molecule has 0 heterocycles. The largest absolute Gasteiger partial charge is 0.287 e. The van der Waals surface area contributed by atoms with Crippen LogP contribution in [-0.2, 0) is 0 Å². The van der Waals surface area contributed by atoms with Crippen LogP contribution in [0.3, 0.4) is 0 Å². The van der Waals surface area contributed by atoms with Crippen LogP contribution >= 0.6 is 15.9 Å². The lowest BCUT2D eigenvalue weighted by Crippen LogP contribution is -2.48. The summed E-state index contributed by atoms with van der Waals surface area (Å²) in [6, 6.07) is 7.21. The summed E-state index contributed by atoms with van der Waals surface area (Å²) in [5.74, 6) is -0.127. The third-order valence-electron chi connectivity index (χ3n) is 1.66. The van der Waals surface area contributed by atoms with Crippen LogP contribution in [-0.4, -0.2) is 11.4 Å². The van der Waals surface area contributed by atoms with E-state index in [1.54, 1.807) is 12.1 Å². The lowest BCUT2D eigenvalue weighted by atomic mass is 10.1. The Hall–Kier alpha value is -0.870. The van der Waals surface area contributed by atoms with Gasteiger partial charge in [0, 0.05) is 15.6 Å². The Morgan fingerprint density at radius 2 is 1.73 bits per heavy atom. The van der Waals surface area contributed by atoms with E-state index >= 15 is 0 Å². The van der Waals surface area contributed by atoms with E-state index < -0.39 is 0 Å². The maximum Gasteiger partial charge on any atom is 0.265 e. The molecular weight excluding hydrogens is 256 g/mol. The zero-order valence-electron chi connectivity index (χ0n) is 9.10. The molecule has 0 aliphatic rings. The summed E-state index contributed by atoms with van der Waals surface area (Å²) >= 11 is 3.32. The molecule has 0 bridgehead atoms. The first-order valence-electron chi connectivity index (χ1n) is 4.71. The molecule has 1 amide bonds. The van der Waals surface area contributed by atoms with E-state index in [4.69, 9.17) is 0 Å². The van der Waals surface area contributed by atoms with Crippen LogP contribution in [0, 0.1) is 0 Å². The average molecular weight is 271 g/mol. The summed E-state index contributed by atoms with van der Waals surface area (Å²) in [5, 5.41) is 0. The standard InChI is InChI=1S/C11H15BrN2O/c1-11(2,3)14-13-10(15)8-4-6-9(12)7-5-8/h4-7,14H,1-3H3,(H,13,15). The number of amides is 1. The molecule has 15 heavy (non-hydrogen) atoms. The van der Waals surface area contributed by atoms with Crippen molar-refractivity contribution in [2.45, 2.75) is 26.3 Å². The van der Waals surface area contributed by atoms with Gasteiger partial charge in [0.2, 0.25) is 0 Å². The van der Waals surface area contributed by atoms with Crippen LogP contribution < -0.4 is 10.9 Å². The molecule has 82 valence electrons. The molecule has 0 radical (unpaired) electrons. The molecule has 0 unspecified atom stereocenters. The Morgan fingerprint density at radius 3 is 2.20 bits per heavy atom. The first-order valence-corrected chi connectivity index (χ1v) is 5.51. The molecule has 0 atom stereocenters. The minimum Gasteiger partial charge on any atom is -0.287 e. The molecule has 0 aromatic heterocycles. The fourth-order valence-electron chi connectivity index (χ4n) is 0.918. The summed E-state index contributed by atoms with van der Waals surface area (Å²) in [5.41, 5.74) is 6.08. The number of hydrogen-bond acceptors (Lipinski definition) is 2. The lowest BCUT2D eigenvalue weighted by molar-refractivity contribution is 0.0914. The van der Waals surface area contributed by atoms with Gasteiger partial charge in [-0.1, -0.05) is 15.9 Å². The van der Waals surface area contributed by atoms with Crippen molar-refractivity contribution >= 4 is 21.8 Å². The van der Waals surface area contributed by atoms with E-state index in [0.717, 1.165) is 4.47 Å². The molecule has 1 aromatic carbocycles. The molecule has 0 fully saturated rings. The smallest absolute Gasteiger partial charge is 0.265 e. The maximum absolute atomic E-state index is 11.6. The van der Waals surface area contributed by atoms with Gasteiger partial charge in [0.1, 0.15) is 0 Å². The monoisotopic (exact) mass is 270 g/mol. The molecule has 3 nitrogen and oxygen atoms in total. The van der Waals surface area contributed by atoms with Gasteiger partial charge >= 0.3 is 0 Å².